The van der Waals surface area contributed by atoms with Crippen molar-refractivity contribution >= 4 is 29.3 Å². The van der Waals surface area contributed by atoms with Gasteiger partial charge in [0.25, 0.3) is 5.91 Å². The Bertz CT molecular complexity index is 646. The summed E-state index contributed by atoms with van der Waals surface area (Å²) in [7, 11) is 0. The monoisotopic (exact) mass is 277 g/mol. The average molecular weight is 278 g/mol. The minimum absolute atomic E-state index is 0.0263. The molecule has 0 spiro atoms. The molecule has 7 heteroatoms. The van der Waals surface area contributed by atoms with Gasteiger partial charge in [-0.1, -0.05) is 17.7 Å². The number of carboxylic acid groups (broad SMARTS) is 1. The summed E-state index contributed by atoms with van der Waals surface area (Å²) >= 11 is 5.85. The molecule has 6 nitrogen and oxygen atoms in total. The van der Waals surface area contributed by atoms with E-state index in [0.29, 0.717) is 0 Å². The van der Waals surface area contributed by atoms with E-state index in [1.54, 1.807) is 12.1 Å². The maximum Gasteiger partial charge on any atom is 0.354 e. The van der Waals surface area contributed by atoms with Crippen LogP contribution >= 0.6 is 11.6 Å². The number of nitrogens with one attached hydrogen (secondary N) is 1. The number of aromatic carboxylic acids is 1. The summed E-state index contributed by atoms with van der Waals surface area (Å²) in [5.41, 5.74) is -0.235. The molecule has 0 bridgehead atoms. The molecule has 2 heterocycles. The summed E-state index contributed by atoms with van der Waals surface area (Å²) in [6.07, 6.45) is 1.47. The molecule has 2 N–H and O–H groups in total. The molecule has 2 aromatic heterocycles. The Morgan fingerprint density at radius 2 is 1.89 bits per heavy atom. The number of amides is 1. The highest BCUT2D eigenvalue weighted by Gasteiger charge is 2.13. The predicted octanol–water partition coefficient (Wildman–Crippen LogP) is 2.08. The molecular weight excluding hydrogens is 270 g/mol. The second-order valence-electron chi connectivity index (χ2n) is 3.50. The molecular formula is C12H8ClN3O3. The third-order valence-corrected chi connectivity index (χ3v) is 2.50. The molecule has 19 heavy (non-hydrogen) atoms. The van der Waals surface area contributed by atoms with Crippen molar-refractivity contribution in [3.8, 4) is 0 Å². The highest BCUT2D eigenvalue weighted by Crippen LogP contribution is 2.17. The quantitative estimate of drug-likeness (QED) is 0.896. The number of nitrogens with zero attached hydrogens (tertiary/aromatic N) is 2. The minimum Gasteiger partial charge on any atom is -0.477 e. The van der Waals surface area contributed by atoms with Gasteiger partial charge < -0.3 is 10.4 Å². The van der Waals surface area contributed by atoms with Crippen molar-refractivity contribution in [2.75, 3.05) is 5.32 Å². The van der Waals surface area contributed by atoms with E-state index in [0.717, 1.165) is 0 Å². The van der Waals surface area contributed by atoms with Crippen molar-refractivity contribution in [3.05, 3.63) is 52.9 Å². The van der Waals surface area contributed by atoms with Gasteiger partial charge in [-0.15, -0.1) is 0 Å². The van der Waals surface area contributed by atoms with Gasteiger partial charge in [0.05, 0.1) is 5.02 Å². The molecule has 0 unspecified atom stereocenters. The zero-order valence-corrected chi connectivity index (χ0v) is 10.3. The van der Waals surface area contributed by atoms with Gasteiger partial charge in [0.2, 0.25) is 0 Å². The summed E-state index contributed by atoms with van der Waals surface area (Å²) in [5, 5.41) is 11.5. The zero-order valence-electron chi connectivity index (χ0n) is 9.50. The van der Waals surface area contributed by atoms with E-state index in [9.17, 15) is 9.59 Å². The van der Waals surface area contributed by atoms with Crippen molar-refractivity contribution in [3.63, 3.8) is 0 Å². The molecule has 0 saturated heterocycles. The van der Waals surface area contributed by atoms with E-state index in [4.69, 9.17) is 16.7 Å². The zero-order chi connectivity index (χ0) is 13.8. The molecule has 0 aromatic carbocycles. The van der Waals surface area contributed by atoms with Gasteiger partial charge in [0.15, 0.2) is 5.82 Å². The molecule has 0 aliphatic rings. The molecule has 0 saturated carbocycles. The van der Waals surface area contributed by atoms with Crippen LogP contribution in [0.25, 0.3) is 0 Å². The molecule has 96 valence electrons. The smallest absolute Gasteiger partial charge is 0.354 e. The Morgan fingerprint density at radius 1 is 1.16 bits per heavy atom. The lowest BCUT2D eigenvalue weighted by Gasteiger charge is -2.05. The van der Waals surface area contributed by atoms with Crippen LogP contribution in [-0.2, 0) is 0 Å². The predicted molar refractivity (Wildman–Crippen MR) is 68.4 cm³/mol. The third kappa shape index (κ3) is 3.05. The summed E-state index contributed by atoms with van der Waals surface area (Å²) in [5.74, 6) is -1.59. The number of halogens is 1. The van der Waals surface area contributed by atoms with E-state index < -0.39 is 11.9 Å². The highest BCUT2D eigenvalue weighted by atomic mass is 35.5. The van der Waals surface area contributed by atoms with E-state index >= 15 is 0 Å². The number of carboxylic acids is 1. The number of pyridine rings is 2. The van der Waals surface area contributed by atoms with Gasteiger partial charge in [-0.05, 0) is 24.3 Å². The molecule has 0 aliphatic carbocycles. The maximum absolute atomic E-state index is 11.9. The molecule has 0 aliphatic heterocycles. The Hall–Kier alpha value is -2.47. The standard InChI is InChI=1S/C12H8ClN3O3/c13-7-3-2-6-14-10(7)16-11(17)8-4-1-5-9(15-8)12(18)19/h1-6H,(H,18,19)(H,14,16,17). The first-order chi connectivity index (χ1) is 9.08. The minimum atomic E-state index is -1.20. The molecule has 2 rings (SSSR count). The Morgan fingerprint density at radius 3 is 2.58 bits per heavy atom. The lowest BCUT2D eigenvalue weighted by molar-refractivity contribution is 0.0690. The van der Waals surface area contributed by atoms with Crippen molar-refractivity contribution in [1.82, 2.24) is 9.97 Å². The van der Waals surface area contributed by atoms with Crippen LogP contribution in [0, 0.1) is 0 Å². The topological polar surface area (TPSA) is 92.2 Å². The number of carbonyl (C=O) groups is 2. The Balaban J connectivity index is 2.23. The number of hydrogen-bond donors (Lipinski definition) is 2. The largest absolute Gasteiger partial charge is 0.477 e. The number of hydrogen-bond acceptors (Lipinski definition) is 4. The molecule has 0 atom stereocenters. The lowest BCUT2D eigenvalue weighted by atomic mass is 10.3. The van der Waals surface area contributed by atoms with Crippen LogP contribution in [0.5, 0.6) is 0 Å². The first-order valence-electron chi connectivity index (χ1n) is 5.20. The van der Waals surface area contributed by atoms with Crippen LogP contribution in [0.2, 0.25) is 5.02 Å². The van der Waals surface area contributed by atoms with E-state index in [1.807, 2.05) is 0 Å². The van der Waals surface area contributed by atoms with Gasteiger partial charge in [-0.25, -0.2) is 14.8 Å². The normalized spacial score (nSPS) is 9.95. The van der Waals surface area contributed by atoms with Crippen LogP contribution in [0.15, 0.2) is 36.5 Å². The maximum atomic E-state index is 11.9. The number of anilines is 1. The third-order valence-electron chi connectivity index (χ3n) is 2.19. The fourth-order valence-electron chi connectivity index (χ4n) is 1.33. The van der Waals surface area contributed by atoms with Crippen molar-refractivity contribution in [1.29, 1.82) is 0 Å². The van der Waals surface area contributed by atoms with Crippen LogP contribution in [0.4, 0.5) is 5.82 Å². The fourth-order valence-corrected chi connectivity index (χ4v) is 1.50. The van der Waals surface area contributed by atoms with Gasteiger partial charge in [0, 0.05) is 6.20 Å². The van der Waals surface area contributed by atoms with Crippen LogP contribution in [-0.4, -0.2) is 27.0 Å². The summed E-state index contributed by atoms with van der Waals surface area (Å²) in [4.78, 5) is 30.2. The van der Waals surface area contributed by atoms with Crippen molar-refractivity contribution in [2.45, 2.75) is 0 Å². The van der Waals surface area contributed by atoms with E-state index in [2.05, 4.69) is 15.3 Å². The lowest BCUT2D eigenvalue weighted by Crippen LogP contribution is -2.16. The first-order valence-corrected chi connectivity index (χ1v) is 5.58. The van der Waals surface area contributed by atoms with Crippen LogP contribution in [0.1, 0.15) is 21.0 Å². The second-order valence-corrected chi connectivity index (χ2v) is 3.91. The molecule has 1 amide bonds. The molecule has 0 fully saturated rings. The number of rotatable bonds is 3. The summed E-state index contributed by atoms with van der Waals surface area (Å²) in [6.45, 7) is 0. The second kappa shape index (κ2) is 5.45. The number of carbonyl (C=O) groups excluding carboxylic acids is 1. The van der Waals surface area contributed by atoms with E-state index in [1.165, 1.54) is 24.4 Å². The average Bonchev–Trinajstić information content (AvgIpc) is 2.41. The summed E-state index contributed by atoms with van der Waals surface area (Å²) < 4.78 is 0. The Labute approximate surface area is 113 Å². The molecule has 0 radical (unpaired) electrons. The van der Waals surface area contributed by atoms with Crippen LogP contribution in [0.3, 0.4) is 0 Å². The Kier molecular flexibility index (Phi) is 3.72. The number of aromatic nitrogens is 2. The van der Waals surface area contributed by atoms with Crippen LogP contribution < -0.4 is 5.32 Å². The van der Waals surface area contributed by atoms with Crippen molar-refractivity contribution in [2.24, 2.45) is 0 Å². The van der Waals surface area contributed by atoms with Gasteiger partial charge >= 0.3 is 5.97 Å². The summed E-state index contributed by atoms with van der Waals surface area (Å²) in [6, 6.07) is 7.34. The SMILES string of the molecule is O=C(O)c1cccc(C(=O)Nc2ncccc2Cl)n1. The van der Waals surface area contributed by atoms with Gasteiger partial charge in [-0.3, -0.25) is 4.79 Å². The van der Waals surface area contributed by atoms with Crippen molar-refractivity contribution < 1.29 is 14.7 Å². The van der Waals surface area contributed by atoms with E-state index in [-0.39, 0.29) is 22.2 Å². The van der Waals surface area contributed by atoms with Gasteiger partial charge in [-0.2, -0.15) is 0 Å². The first kappa shape index (κ1) is 13.0. The highest BCUT2D eigenvalue weighted by molar-refractivity contribution is 6.33. The fraction of sp³-hybridized carbons (Fsp3) is 0. The molecule has 2 aromatic rings. The van der Waals surface area contributed by atoms with Gasteiger partial charge in [0.1, 0.15) is 11.4 Å².